The minimum atomic E-state index is -0.175. The fourth-order valence-electron chi connectivity index (χ4n) is 5.86. The van der Waals surface area contributed by atoms with E-state index in [1.807, 2.05) is 47.5 Å². The van der Waals surface area contributed by atoms with Crippen LogP contribution in [0.5, 0.6) is 0 Å². The Hall–Kier alpha value is -3.19. The van der Waals surface area contributed by atoms with Crippen LogP contribution >= 0.6 is 0 Å². The SMILES string of the molecule is CC(=O)NCCn1ccc2cccc(C(=O)N3CC[C@H](CN4CCC(c5ccc(F)cc5)CC4)C3)c21. The molecule has 2 aliphatic rings. The van der Waals surface area contributed by atoms with Crippen molar-refractivity contribution in [3.63, 3.8) is 0 Å². The van der Waals surface area contributed by atoms with Crippen molar-refractivity contribution in [1.29, 1.82) is 0 Å². The summed E-state index contributed by atoms with van der Waals surface area (Å²) >= 11 is 0. The van der Waals surface area contributed by atoms with Crippen LogP contribution in [-0.4, -0.2) is 65.4 Å². The summed E-state index contributed by atoms with van der Waals surface area (Å²) in [6.45, 7) is 7.38. The summed E-state index contributed by atoms with van der Waals surface area (Å²) in [6, 6.07) is 14.9. The van der Waals surface area contributed by atoms with Gasteiger partial charge in [-0.15, -0.1) is 0 Å². The highest BCUT2D eigenvalue weighted by Gasteiger charge is 2.30. The minimum Gasteiger partial charge on any atom is -0.355 e. The van der Waals surface area contributed by atoms with Gasteiger partial charge in [0.1, 0.15) is 5.82 Å². The van der Waals surface area contributed by atoms with E-state index in [-0.39, 0.29) is 17.6 Å². The number of nitrogens with one attached hydrogen (secondary N) is 1. The Morgan fingerprint density at radius 3 is 2.53 bits per heavy atom. The van der Waals surface area contributed by atoms with E-state index in [2.05, 4.69) is 14.8 Å². The van der Waals surface area contributed by atoms with Crippen LogP contribution in [0.4, 0.5) is 4.39 Å². The summed E-state index contributed by atoms with van der Waals surface area (Å²) in [5.74, 6) is 0.863. The molecule has 6 nitrogen and oxygen atoms in total. The highest BCUT2D eigenvalue weighted by Crippen LogP contribution is 2.30. The first-order valence-electron chi connectivity index (χ1n) is 13.1. The van der Waals surface area contributed by atoms with Crippen molar-refractivity contribution in [2.24, 2.45) is 5.92 Å². The van der Waals surface area contributed by atoms with Crippen LogP contribution in [-0.2, 0) is 11.3 Å². The molecule has 0 spiro atoms. The van der Waals surface area contributed by atoms with Gasteiger partial charge in [-0.05, 0) is 74.0 Å². The molecule has 5 rings (SSSR count). The van der Waals surface area contributed by atoms with E-state index in [9.17, 15) is 14.0 Å². The fraction of sp³-hybridized carbons (Fsp3) is 0.448. The van der Waals surface area contributed by atoms with Crippen LogP contribution in [0.1, 0.15) is 48.0 Å². The van der Waals surface area contributed by atoms with Crippen molar-refractivity contribution in [1.82, 2.24) is 19.7 Å². The number of carbonyl (C=O) groups is 2. The lowest BCUT2D eigenvalue weighted by Gasteiger charge is -2.33. The largest absolute Gasteiger partial charge is 0.355 e. The smallest absolute Gasteiger partial charge is 0.256 e. The lowest BCUT2D eigenvalue weighted by Crippen LogP contribution is -2.38. The molecule has 1 N–H and O–H groups in total. The van der Waals surface area contributed by atoms with Crippen molar-refractivity contribution in [3.8, 4) is 0 Å². The Bertz CT molecular complexity index is 1210. The number of amides is 2. The second-order valence-corrected chi connectivity index (χ2v) is 10.3. The molecular weight excluding hydrogens is 455 g/mol. The lowest BCUT2D eigenvalue weighted by molar-refractivity contribution is -0.118. The Kier molecular flexibility index (Phi) is 7.37. The summed E-state index contributed by atoms with van der Waals surface area (Å²) in [4.78, 5) is 29.4. The van der Waals surface area contributed by atoms with Gasteiger partial charge < -0.3 is 19.7 Å². The summed E-state index contributed by atoms with van der Waals surface area (Å²) in [7, 11) is 0. The standard InChI is InChI=1S/C29H35FN4O2/c1-21(35)31-13-18-33-17-12-25-3-2-4-27(28(25)33)29(36)34-16-9-22(20-34)19-32-14-10-24(11-15-32)23-5-7-26(30)8-6-23/h2-8,12,17,22,24H,9-11,13-16,18-20H2,1H3,(H,31,35)/t22-/m1/s1. The number of fused-ring (bicyclic) bond motifs is 1. The molecule has 0 unspecified atom stereocenters. The van der Waals surface area contributed by atoms with E-state index in [0.29, 0.717) is 24.9 Å². The topological polar surface area (TPSA) is 57.6 Å². The van der Waals surface area contributed by atoms with Gasteiger partial charge in [-0.2, -0.15) is 0 Å². The number of nitrogens with zero attached hydrogens (tertiary/aromatic N) is 3. The second-order valence-electron chi connectivity index (χ2n) is 10.3. The molecule has 1 atom stereocenters. The minimum absolute atomic E-state index is 0.0504. The average Bonchev–Trinajstić information content (AvgIpc) is 3.52. The number of likely N-dealkylation sites (tertiary alicyclic amines) is 2. The molecule has 3 heterocycles. The van der Waals surface area contributed by atoms with Crippen LogP contribution in [0.15, 0.2) is 54.7 Å². The predicted molar refractivity (Wildman–Crippen MR) is 139 cm³/mol. The molecule has 3 aromatic rings. The Morgan fingerprint density at radius 2 is 1.78 bits per heavy atom. The molecule has 36 heavy (non-hydrogen) atoms. The van der Waals surface area contributed by atoms with E-state index in [0.717, 1.165) is 68.5 Å². The summed E-state index contributed by atoms with van der Waals surface area (Å²) in [6.07, 6.45) is 5.21. The molecular formula is C29H35FN4O2. The molecule has 2 aliphatic heterocycles. The summed E-state index contributed by atoms with van der Waals surface area (Å²) < 4.78 is 15.3. The second kappa shape index (κ2) is 10.8. The average molecular weight is 491 g/mol. The van der Waals surface area contributed by atoms with E-state index in [1.54, 1.807) is 12.1 Å². The first kappa shape index (κ1) is 24.5. The van der Waals surface area contributed by atoms with Gasteiger partial charge in [0.05, 0.1) is 11.1 Å². The van der Waals surface area contributed by atoms with Gasteiger partial charge in [-0.25, -0.2) is 4.39 Å². The van der Waals surface area contributed by atoms with Crippen LogP contribution in [0.25, 0.3) is 10.9 Å². The van der Waals surface area contributed by atoms with E-state index < -0.39 is 0 Å². The third kappa shape index (κ3) is 5.46. The van der Waals surface area contributed by atoms with Crippen molar-refractivity contribution in [2.45, 2.75) is 38.6 Å². The lowest BCUT2D eigenvalue weighted by atomic mass is 9.89. The van der Waals surface area contributed by atoms with Gasteiger partial charge in [-0.1, -0.05) is 24.3 Å². The van der Waals surface area contributed by atoms with Gasteiger partial charge in [0.25, 0.3) is 5.91 Å². The maximum Gasteiger partial charge on any atom is 0.256 e. The molecule has 0 saturated carbocycles. The number of benzene rings is 2. The van der Waals surface area contributed by atoms with Crippen LogP contribution in [0.3, 0.4) is 0 Å². The van der Waals surface area contributed by atoms with Gasteiger partial charge >= 0.3 is 0 Å². The van der Waals surface area contributed by atoms with Gasteiger partial charge in [0, 0.05) is 51.2 Å². The van der Waals surface area contributed by atoms with Crippen LogP contribution in [0, 0.1) is 11.7 Å². The monoisotopic (exact) mass is 490 g/mol. The normalized spacial score (nSPS) is 19.2. The van der Waals surface area contributed by atoms with E-state index in [4.69, 9.17) is 0 Å². The predicted octanol–water partition coefficient (Wildman–Crippen LogP) is 4.26. The summed E-state index contributed by atoms with van der Waals surface area (Å²) in [5, 5.41) is 3.88. The van der Waals surface area contributed by atoms with Crippen molar-refractivity contribution < 1.29 is 14.0 Å². The highest BCUT2D eigenvalue weighted by atomic mass is 19.1. The van der Waals surface area contributed by atoms with E-state index >= 15 is 0 Å². The number of halogens is 1. The van der Waals surface area contributed by atoms with Gasteiger partial charge in [-0.3, -0.25) is 9.59 Å². The molecule has 2 fully saturated rings. The molecule has 2 saturated heterocycles. The first-order chi connectivity index (χ1) is 17.5. The zero-order valence-corrected chi connectivity index (χ0v) is 21.0. The number of hydrogen-bond acceptors (Lipinski definition) is 3. The van der Waals surface area contributed by atoms with Crippen LogP contribution < -0.4 is 5.32 Å². The number of piperidine rings is 1. The number of aromatic nitrogens is 1. The molecule has 1 aromatic heterocycles. The first-order valence-corrected chi connectivity index (χ1v) is 13.1. The Labute approximate surface area is 212 Å². The Balaban J connectivity index is 1.17. The Morgan fingerprint density at radius 1 is 1.00 bits per heavy atom. The zero-order valence-electron chi connectivity index (χ0n) is 21.0. The highest BCUT2D eigenvalue weighted by molar-refractivity contribution is 6.06. The molecule has 2 aromatic carbocycles. The maximum absolute atomic E-state index is 13.6. The summed E-state index contributed by atoms with van der Waals surface area (Å²) in [5.41, 5.74) is 2.92. The third-order valence-corrected chi connectivity index (χ3v) is 7.76. The zero-order chi connectivity index (χ0) is 25.1. The van der Waals surface area contributed by atoms with Crippen molar-refractivity contribution in [2.75, 3.05) is 39.3 Å². The van der Waals surface area contributed by atoms with E-state index in [1.165, 1.54) is 12.5 Å². The number of para-hydroxylation sites is 1. The molecule has 7 heteroatoms. The number of carbonyl (C=O) groups excluding carboxylic acids is 2. The molecule has 0 bridgehead atoms. The van der Waals surface area contributed by atoms with Crippen molar-refractivity contribution in [3.05, 3.63) is 71.7 Å². The number of rotatable bonds is 7. The number of hydrogen-bond donors (Lipinski definition) is 1. The molecule has 0 radical (unpaired) electrons. The van der Waals surface area contributed by atoms with Gasteiger partial charge in [0.2, 0.25) is 5.91 Å². The molecule has 0 aliphatic carbocycles. The molecule has 2 amide bonds. The van der Waals surface area contributed by atoms with Gasteiger partial charge in [0.15, 0.2) is 0 Å². The molecule has 190 valence electrons. The fourth-order valence-corrected chi connectivity index (χ4v) is 5.86. The maximum atomic E-state index is 13.6. The quantitative estimate of drug-likeness (QED) is 0.539. The van der Waals surface area contributed by atoms with Crippen LogP contribution in [0.2, 0.25) is 0 Å². The van der Waals surface area contributed by atoms with Crippen molar-refractivity contribution >= 4 is 22.7 Å². The third-order valence-electron chi connectivity index (χ3n) is 7.76.